The largest absolute Gasteiger partial charge is 0.493 e. The molecule has 22 heavy (non-hydrogen) atoms. The summed E-state index contributed by atoms with van der Waals surface area (Å²) in [7, 11) is 4.62. The second kappa shape index (κ2) is 7.45. The number of rotatable bonds is 6. The standard InChI is InChI=1S/C17H20NO4/c1-20-15-5-4-13(12-16(15)21-2)6-9-18-10-7-14(8-11-18)17(19)22-3/h4-5,7-8,10-12H,6,9H2,1-3H3/q+1. The lowest BCUT2D eigenvalue weighted by molar-refractivity contribution is -0.696. The van der Waals surface area contributed by atoms with Crippen LogP contribution in [0.25, 0.3) is 0 Å². The monoisotopic (exact) mass is 302 g/mol. The number of nitrogens with zero attached hydrogens (tertiary/aromatic N) is 1. The van der Waals surface area contributed by atoms with Crippen LogP contribution in [0.5, 0.6) is 11.5 Å². The third kappa shape index (κ3) is 3.75. The first kappa shape index (κ1) is 15.8. The van der Waals surface area contributed by atoms with Crippen LogP contribution in [0, 0.1) is 0 Å². The number of aromatic nitrogens is 1. The lowest BCUT2D eigenvalue weighted by Crippen LogP contribution is -2.34. The molecular weight excluding hydrogens is 282 g/mol. The first-order valence-electron chi connectivity index (χ1n) is 6.96. The summed E-state index contributed by atoms with van der Waals surface area (Å²) in [6.45, 7) is 0.803. The molecule has 0 atom stereocenters. The SMILES string of the molecule is COC(=O)c1cc[n+](CCc2ccc(OC)c(OC)c2)cc1. The Morgan fingerprint density at radius 1 is 1.00 bits per heavy atom. The Kier molecular flexibility index (Phi) is 5.36. The molecule has 0 unspecified atom stereocenters. The Morgan fingerprint density at radius 3 is 2.27 bits per heavy atom. The molecular formula is C17H20NO4+. The van der Waals surface area contributed by atoms with Crippen LogP contribution in [-0.4, -0.2) is 27.3 Å². The van der Waals surface area contributed by atoms with E-state index >= 15 is 0 Å². The number of aryl methyl sites for hydroxylation is 2. The van der Waals surface area contributed by atoms with E-state index < -0.39 is 0 Å². The lowest BCUT2D eigenvalue weighted by atomic mass is 10.1. The Labute approximate surface area is 130 Å². The molecule has 0 fully saturated rings. The number of methoxy groups -OCH3 is 3. The normalized spacial score (nSPS) is 10.1. The van der Waals surface area contributed by atoms with Crippen molar-refractivity contribution in [1.82, 2.24) is 0 Å². The summed E-state index contributed by atoms with van der Waals surface area (Å²) < 4.78 is 17.2. The fraction of sp³-hybridized carbons (Fsp3) is 0.294. The highest BCUT2D eigenvalue weighted by Gasteiger charge is 2.09. The Balaban J connectivity index is 2.02. The van der Waals surface area contributed by atoms with E-state index in [1.54, 1.807) is 26.4 Å². The number of ether oxygens (including phenoxy) is 3. The van der Waals surface area contributed by atoms with Gasteiger partial charge in [0.2, 0.25) is 0 Å². The highest BCUT2D eigenvalue weighted by atomic mass is 16.5. The van der Waals surface area contributed by atoms with Crippen LogP contribution >= 0.6 is 0 Å². The van der Waals surface area contributed by atoms with Gasteiger partial charge >= 0.3 is 5.97 Å². The molecule has 0 amide bonds. The molecule has 1 heterocycles. The predicted octanol–water partition coefficient (Wildman–Crippen LogP) is 2.02. The number of hydrogen-bond acceptors (Lipinski definition) is 4. The molecule has 0 spiro atoms. The maximum absolute atomic E-state index is 11.4. The molecule has 0 aliphatic rings. The summed E-state index contributed by atoms with van der Waals surface area (Å²) in [6.07, 6.45) is 4.59. The van der Waals surface area contributed by atoms with Gasteiger partial charge in [0.05, 0.1) is 26.9 Å². The summed E-state index contributed by atoms with van der Waals surface area (Å²) in [4.78, 5) is 11.4. The molecule has 0 saturated heterocycles. The van der Waals surface area contributed by atoms with Crippen molar-refractivity contribution in [2.45, 2.75) is 13.0 Å². The predicted molar refractivity (Wildman–Crippen MR) is 81.2 cm³/mol. The van der Waals surface area contributed by atoms with Gasteiger partial charge in [-0.15, -0.1) is 0 Å². The zero-order valence-corrected chi connectivity index (χ0v) is 13.0. The molecule has 0 radical (unpaired) electrons. The van der Waals surface area contributed by atoms with Gasteiger partial charge in [-0.25, -0.2) is 9.36 Å². The van der Waals surface area contributed by atoms with Gasteiger partial charge in [-0.1, -0.05) is 6.07 Å². The number of carbonyl (C=O) groups excluding carboxylic acids is 1. The van der Waals surface area contributed by atoms with Gasteiger partial charge < -0.3 is 14.2 Å². The van der Waals surface area contributed by atoms with E-state index in [-0.39, 0.29) is 5.97 Å². The van der Waals surface area contributed by atoms with Crippen molar-refractivity contribution in [2.24, 2.45) is 0 Å². The van der Waals surface area contributed by atoms with E-state index in [9.17, 15) is 4.79 Å². The van der Waals surface area contributed by atoms with E-state index in [1.807, 2.05) is 35.2 Å². The Hall–Kier alpha value is -2.56. The third-order valence-corrected chi connectivity index (χ3v) is 3.42. The van der Waals surface area contributed by atoms with E-state index in [0.717, 1.165) is 30.0 Å². The molecule has 2 aromatic rings. The van der Waals surface area contributed by atoms with Gasteiger partial charge in [0, 0.05) is 18.6 Å². The average molecular weight is 302 g/mol. The highest BCUT2D eigenvalue weighted by molar-refractivity contribution is 5.88. The molecule has 116 valence electrons. The smallest absolute Gasteiger partial charge is 0.338 e. The Morgan fingerprint density at radius 2 is 1.68 bits per heavy atom. The second-order valence-electron chi connectivity index (χ2n) is 4.76. The summed E-state index contributed by atoms with van der Waals surface area (Å²) in [5.74, 6) is 1.12. The number of hydrogen-bond donors (Lipinski definition) is 0. The van der Waals surface area contributed by atoms with Crippen LogP contribution in [0.15, 0.2) is 42.7 Å². The second-order valence-corrected chi connectivity index (χ2v) is 4.76. The zero-order valence-electron chi connectivity index (χ0n) is 13.0. The first-order valence-corrected chi connectivity index (χ1v) is 6.96. The summed E-state index contributed by atoms with van der Waals surface area (Å²) >= 11 is 0. The summed E-state index contributed by atoms with van der Waals surface area (Å²) in [5.41, 5.74) is 1.70. The molecule has 5 nitrogen and oxygen atoms in total. The molecule has 0 saturated carbocycles. The van der Waals surface area contributed by atoms with E-state index in [2.05, 4.69) is 4.74 Å². The number of carbonyl (C=O) groups is 1. The van der Waals surface area contributed by atoms with Crippen molar-refractivity contribution in [3.8, 4) is 11.5 Å². The molecule has 0 bridgehead atoms. The van der Waals surface area contributed by atoms with Crippen molar-refractivity contribution < 1.29 is 23.6 Å². The van der Waals surface area contributed by atoms with Crippen LogP contribution in [-0.2, 0) is 17.7 Å². The van der Waals surface area contributed by atoms with Crippen LogP contribution in [0.4, 0.5) is 0 Å². The minimum Gasteiger partial charge on any atom is -0.493 e. The van der Waals surface area contributed by atoms with Gasteiger partial charge in [0.25, 0.3) is 0 Å². The minimum absolute atomic E-state index is 0.327. The number of pyridine rings is 1. The van der Waals surface area contributed by atoms with Gasteiger partial charge in [0.15, 0.2) is 30.4 Å². The Bertz CT molecular complexity index is 638. The highest BCUT2D eigenvalue weighted by Crippen LogP contribution is 2.27. The fourth-order valence-corrected chi connectivity index (χ4v) is 2.15. The van der Waals surface area contributed by atoms with E-state index in [1.165, 1.54) is 7.11 Å². The molecule has 5 heteroatoms. The minimum atomic E-state index is -0.327. The third-order valence-electron chi connectivity index (χ3n) is 3.42. The van der Waals surface area contributed by atoms with Crippen molar-refractivity contribution in [3.05, 3.63) is 53.9 Å². The molecule has 1 aromatic carbocycles. The lowest BCUT2D eigenvalue weighted by Gasteiger charge is -2.08. The van der Waals surface area contributed by atoms with Crippen LogP contribution in [0.3, 0.4) is 0 Å². The van der Waals surface area contributed by atoms with Gasteiger partial charge in [-0.3, -0.25) is 0 Å². The molecule has 0 aliphatic heterocycles. The van der Waals surface area contributed by atoms with Crippen LogP contribution in [0.2, 0.25) is 0 Å². The van der Waals surface area contributed by atoms with E-state index in [4.69, 9.17) is 9.47 Å². The average Bonchev–Trinajstić information content (AvgIpc) is 2.59. The fourth-order valence-electron chi connectivity index (χ4n) is 2.15. The molecule has 0 N–H and O–H groups in total. The summed E-state index contributed by atoms with van der Waals surface area (Å²) in [5, 5.41) is 0. The van der Waals surface area contributed by atoms with Gasteiger partial charge in [0.1, 0.15) is 0 Å². The van der Waals surface area contributed by atoms with Crippen LogP contribution < -0.4 is 14.0 Å². The molecule has 0 aliphatic carbocycles. The molecule has 1 aromatic heterocycles. The maximum atomic E-state index is 11.4. The number of esters is 1. The van der Waals surface area contributed by atoms with Crippen LogP contribution in [0.1, 0.15) is 15.9 Å². The first-order chi connectivity index (χ1) is 10.7. The molecule has 2 rings (SSSR count). The van der Waals surface area contributed by atoms with Crippen molar-refractivity contribution in [3.63, 3.8) is 0 Å². The zero-order chi connectivity index (χ0) is 15.9. The number of benzene rings is 1. The summed E-state index contributed by atoms with van der Waals surface area (Å²) in [6, 6.07) is 9.40. The quantitative estimate of drug-likeness (QED) is 0.605. The van der Waals surface area contributed by atoms with Crippen molar-refractivity contribution >= 4 is 5.97 Å². The van der Waals surface area contributed by atoms with E-state index in [0.29, 0.717) is 5.56 Å². The van der Waals surface area contributed by atoms with Gasteiger partial charge in [-0.2, -0.15) is 0 Å². The topological polar surface area (TPSA) is 48.6 Å². The van der Waals surface area contributed by atoms with Gasteiger partial charge in [-0.05, 0) is 17.7 Å². The van der Waals surface area contributed by atoms with Crippen molar-refractivity contribution in [1.29, 1.82) is 0 Å². The maximum Gasteiger partial charge on any atom is 0.338 e. The van der Waals surface area contributed by atoms with Crippen molar-refractivity contribution in [2.75, 3.05) is 21.3 Å².